The summed E-state index contributed by atoms with van der Waals surface area (Å²) >= 11 is 1.83. The Morgan fingerprint density at radius 1 is 1.29 bits per heavy atom. The fourth-order valence-corrected chi connectivity index (χ4v) is 3.95. The molecule has 0 radical (unpaired) electrons. The highest BCUT2D eigenvalue weighted by Gasteiger charge is 2.24. The van der Waals surface area contributed by atoms with Crippen molar-refractivity contribution in [2.45, 2.75) is 45.4 Å². The second-order valence-electron chi connectivity index (χ2n) is 6.19. The van der Waals surface area contributed by atoms with Gasteiger partial charge in [-0.3, -0.25) is 0 Å². The Kier molecular flexibility index (Phi) is 4.24. The maximum atomic E-state index is 4.85. The van der Waals surface area contributed by atoms with Gasteiger partial charge in [-0.25, -0.2) is 9.97 Å². The number of piperidine rings is 1. The lowest BCUT2D eigenvalue weighted by Gasteiger charge is -2.32. The standard InChI is InChI=1S/C17H23N3S/c1-12(2)15-11-21-17(19-15)14-7-5-9-20(10-14)16-8-4-6-13(3)18-16/h4,6,8,11-12,14H,5,7,9-10H2,1-3H3. The Balaban J connectivity index is 1.76. The van der Waals surface area contributed by atoms with E-state index in [9.17, 15) is 0 Å². The van der Waals surface area contributed by atoms with Gasteiger partial charge in [-0.15, -0.1) is 11.3 Å². The third-order valence-electron chi connectivity index (χ3n) is 4.10. The molecule has 0 saturated carbocycles. The van der Waals surface area contributed by atoms with Gasteiger partial charge in [-0.1, -0.05) is 19.9 Å². The Bertz CT molecular complexity index is 606. The van der Waals surface area contributed by atoms with Crippen LogP contribution >= 0.6 is 11.3 Å². The smallest absolute Gasteiger partial charge is 0.128 e. The molecule has 1 aliphatic heterocycles. The summed E-state index contributed by atoms with van der Waals surface area (Å²) in [5, 5.41) is 3.53. The molecule has 1 fully saturated rings. The van der Waals surface area contributed by atoms with E-state index >= 15 is 0 Å². The van der Waals surface area contributed by atoms with Gasteiger partial charge in [0, 0.05) is 30.1 Å². The number of anilines is 1. The van der Waals surface area contributed by atoms with Gasteiger partial charge in [0.2, 0.25) is 0 Å². The highest BCUT2D eigenvalue weighted by atomic mass is 32.1. The van der Waals surface area contributed by atoms with E-state index in [4.69, 9.17) is 4.98 Å². The normalized spacial score (nSPS) is 19.2. The topological polar surface area (TPSA) is 29.0 Å². The molecule has 21 heavy (non-hydrogen) atoms. The van der Waals surface area contributed by atoms with Gasteiger partial charge < -0.3 is 4.90 Å². The van der Waals surface area contributed by atoms with E-state index in [-0.39, 0.29) is 0 Å². The van der Waals surface area contributed by atoms with Crippen LogP contribution in [0, 0.1) is 6.92 Å². The van der Waals surface area contributed by atoms with E-state index in [0.717, 1.165) is 24.6 Å². The summed E-state index contributed by atoms with van der Waals surface area (Å²) in [6.45, 7) is 8.63. The number of aryl methyl sites for hydroxylation is 1. The van der Waals surface area contributed by atoms with Crippen LogP contribution in [0.5, 0.6) is 0 Å². The number of rotatable bonds is 3. The minimum Gasteiger partial charge on any atom is -0.356 e. The highest BCUT2D eigenvalue weighted by Crippen LogP contribution is 2.32. The van der Waals surface area contributed by atoms with Gasteiger partial charge >= 0.3 is 0 Å². The van der Waals surface area contributed by atoms with E-state index in [1.807, 2.05) is 11.3 Å². The minimum atomic E-state index is 0.521. The Hall–Kier alpha value is -1.42. The minimum absolute atomic E-state index is 0.521. The quantitative estimate of drug-likeness (QED) is 0.843. The molecule has 0 amide bonds. The molecule has 2 aromatic heterocycles. The van der Waals surface area contributed by atoms with Crippen molar-refractivity contribution in [1.82, 2.24) is 9.97 Å². The van der Waals surface area contributed by atoms with Crippen LogP contribution in [0.15, 0.2) is 23.6 Å². The van der Waals surface area contributed by atoms with E-state index < -0.39 is 0 Å². The second kappa shape index (κ2) is 6.14. The fraction of sp³-hybridized carbons (Fsp3) is 0.529. The average molecular weight is 301 g/mol. The van der Waals surface area contributed by atoms with Gasteiger partial charge in [0.25, 0.3) is 0 Å². The number of hydrogen-bond donors (Lipinski definition) is 0. The summed E-state index contributed by atoms with van der Waals surface area (Å²) in [4.78, 5) is 11.9. The molecule has 4 heteroatoms. The van der Waals surface area contributed by atoms with Crippen LogP contribution in [0.2, 0.25) is 0 Å². The molecular formula is C17H23N3S. The summed E-state index contributed by atoms with van der Waals surface area (Å²) in [6.07, 6.45) is 2.46. The van der Waals surface area contributed by atoms with E-state index in [1.54, 1.807) is 0 Å². The van der Waals surface area contributed by atoms with Gasteiger partial charge in [0.15, 0.2) is 0 Å². The van der Waals surface area contributed by atoms with Crippen LogP contribution in [0.1, 0.15) is 54.9 Å². The molecule has 0 N–H and O–H groups in total. The van der Waals surface area contributed by atoms with Crippen molar-refractivity contribution in [2.75, 3.05) is 18.0 Å². The molecule has 112 valence electrons. The summed E-state index contributed by atoms with van der Waals surface area (Å²) in [7, 11) is 0. The Morgan fingerprint density at radius 2 is 2.14 bits per heavy atom. The first-order valence-electron chi connectivity index (χ1n) is 7.77. The molecule has 3 nitrogen and oxygen atoms in total. The first-order valence-corrected chi connectivity index (χ1v) is 8.65. The zero-order valence-electron chi connectivity index (χ0n) is 13.0. The van der Waals surface area contributed by atoms with Crippen molar-refractivity contribution in [3.05, 3.63) is 40.0 Å². The molecule has 1 saturated heterocycles. The molecule has 0 bridgehead atoms. The van der Waals surface area contributed by atoms with Crippen molar-refractivity contribution < 1.29 is 0 Å². The second-order valence-corrected chi connectivity index (χ2v) is 7.08. The summed E-state index contributed by atoms with van der Waals surface area (Å²) in [6, 6.07) is 6.28. The summed E-state index contributed by atoms with van der Waals surface area (Å²) in [5.74, 6) is 2.19. The first kappa shape index (κ1) is 14.5. The van der Waals surface area contributed by atoms with Crippen molar-refractivity contribution in [3.8, 4) is 0 Å². The molecule has 0 aliphatic carbocycles. The van der Waals surface area contributed by atoms with Crippen LogP contribution < -0.4 is 4.90 Å². The van der Waals surface area contributed by atoms with Crippen molar-refractivity contribution >= 4 is 17.2 Å². The van der Waals surface area contributed by atoms with Crippen LogP contribution in [0.25, 0.3) is 0 Å². The number of pyridine rings is 1. The molecule has 1 unspecified atom stereocenters. The average Bonchev–Trinajstić information content (AvgIpc) is 2.97. The Morgan fingerprint density at radius 3 is 2.86 bits per heavy atom. The molecule has 2 aromatic rings. The zero-order valence-corrected chi connectivity index (χ0v) is 13.9. The van der Waals surface area contributed by atoms with Crippen LogP contribution in [0.3, 0.4) is 0 Å². The van der Waals surface area contributed by atoms with E-state index in [1.165, 1.54) is 23.5 Å². The zero-order chi connectivity index (χ0) is 14.8. The largest absolute Gasteiger partial charge is 0.356 e. The third-order valence-corrected chi connectivity index (χ3v) is 5.12. The molecule has 3 heterocycles. The number of thiazole rings is 1. The first-order chi connectivity index (χ1) is 10.1. The predicted octanol–water partition coefficient (Wildman–Crippen LogP) is 4.35. The molecule has 0 spiro atoms. The SMILES string of the molecule is Cc1cccc(N2CCCC(c3nc(C(C)C)cs3)C2)n1. The molecule has 1 atom stereocenters. The van der Waals surface area contributed by atoms with Gasteiger partial charge in [-0.2, -0.15) is 0 Å². The number of hydrogen-bond acceptors (Lipinski definition) is 4. The summed E-state index contributed by atoms with van der Waals surface area (Å²) in [5.41, 5.74) is 2.33. The lowest BCUT2D eigenvalue weighted by Crippen LogP contribution is -2.35. The maximum absolute atomic E-state index is 4.85. The molecular weight excluding hydrogens is 278 g/mol. The number of nitrogens with zero attached hydrogens (tertiary/aromatic N) is 3. The predicted molar refractivity (Wildman–Crippen MR) is 89.4 cm³/mol. The Labute approximate surface area is 131 Å². The lowest BCUT2D eigenvalue weighted by atomic mass is 9.98. The molecule has 1 aliphatic rings. The fourth-order valence-electron chi connectivity index (χ4n) is 2.84. The van der Waals surface area contributed by atoms with Crippen LogP contribution in [0.4, 0.5) is 5.82 Å². The van der Waals surface area contributed by atoms with Gasteiger partial charge in [-0.05, 0) is 37.8 Å². The maximum Gasteiger partial charge on any atom is 0.128 e. The molecule has 0 aromatic carbocycles. The van der Waals surface area contributed by atoms with Crippen molar-refractivity contribution in [3.63, 3.8) is 0 Å². The van der Waals surface area contributed by atoms with E-state index in [0.29, 0.717) is 11.8 Å². The monoisotopic (exact) mass is 301 g/mol. The highest BCUT2D eigenvalue weighted by molar-refractivity contribution is 7.09. The summed E-state index contributed by atoms with van der Waals surface area (Å²) < 4.78 is 0. The van der Waals surface area contributed by atoms with Gasteiger partial charge in [0.1, 0.15) is 5.82 Å². The van der Waals surface area contributed by atoms with E-state index in [2.05, 4.69) is 54.2 Å². The third kappa shape index (κ3) is 3.26. The molecule has 3 rings (SSSR count). The van der Waals surface area contributed by atoms with Gasteiger partial charge in [0.05, 0.1) is 10.7 Å². The van der Waals surface area contributed by atoms with Crippen LogP contribution in [-0.4, -0.2) is 23.1 Å². The number of aromatic nitrogens is 2. The van der Waals surface area contributed by atoms with Crippen molar-refractivity contribution in [1.29, 1.82) is 0 Å². The lowest BCUT2D eigenvalue weighted by molar-refractivity contribution is 0.504. The van der Waals surface area contributed by atoms with Crippen LogP contribution in [-0.2, 0) is 0 Å². The van der Waals surface area contributed by atoms with Crippen molar-refractivity contribution in [2.24, 2.45) is 0 Å².